The van der Waals surface area contributed by atoms with Gasteiger partial charge in [0.25, 0.3) is 0 Å². The summed E-state index contributed by atoms with van der Waals surface area (Å²) in [6, 6.07) is 3.38. The molecule has 1 aliphatic heterocycles. The maximum absolute atomic E-state index is 12.7. The molecule has 1 aromatic carbocycles. The largest absolute Gasteiger partial charge is 0.496 e. The van der Waals surface area contributed by atoms with Crippen LogP contribution in [0, 0.1) is 13.8 Å². The number of hydrogen-bond acceptors (Lipinski definition) is 4. The summed E-state index contributed by atoms with van der Waals surface area (Å²) in [6.07, 6.45) is 1.70. The van der Waals surface area contributed by atoms with Crippen LogP contribution in [-0.2, 0) is 10.0 Å². The van der Waals surface area contributed by atoms with Crippen LogP contribution in [0.1, 0.15) is 24.0 Å². The Bertz CT molecular complexity index is 604. The number of rotatable bonds is 3. The Labute approximate surface area is 132 Å². The van der Waals surface area contributed by atoms with Crippen LogP contribution in [0.4, 0.5) is 0 Å². The lowest BCUT2D eigenvalue weighted by Gasteiger charge is -2.30. The number of piperidine rings is 1. The number of methoxy groups -OCH3 is 1. The van der Waals surface area contributed by atoms with Crippen molar-refractivity contribution < 1.29 is 13.2 Å². The lowest BCUT2D eigenvalue weighted by Crippen LogP contribution is -2.45. The number of nitrogens with zero attached hydrogens (tertiary/aromatic N) is 1. The van der Waals surface area contributed by atoms with Crippen molar-refractivity contribution in [2.24, 2.45) is 5.73 Å². The predicted octanol–water partition coefficient (Wildman–Crippen LogP) is 1.85. The van der Waals surface area contributed by atoms with Crippen molar-refractivity contribution in [2.75, 3.05) is 20.2 Å². The summed E-state index contributed by atoms with van der Waals surface area (Å²) in [4.78, 5) is 0.352. The molecule has 21 heavy (non-hydrogen) atoms. The first-order valence-electron chi connectivity index (χ1n) is 6.77. The van der Waals surface area contributed by atoms with E-state index in [-0.39, 0.29) is 18.4 Å². The molecule has 0 bridgehead atoms. The Morgan fingerprint density at radius 2 is 1.95 bits per heavy atom. The Kier molecular flexibility index (Phi) is 6.04. The number of nitrogens with two attached hydrogens (primary N) is 1. The van der Waals surface area contributed by atoms with Gasteiger partial charge in [-0.1, -0.05) is 0 Å². The van der Waals surface area contributed by atoms with Crippen molar-refractivity contribution in [1.29, 1.82) is 0 Å². The summed E-state index contributed by atoms with van der Waals surface area (Å²) >= 11 is 0. The van der Waals surface area contributed by atoms with E-state index in [1.165, 1.54) is 4.31 Å². The first-order valence-corrected chi connectivity index (χ1v) is 8.21. The second kappa shape index (κ2) is 6.96. The highest BCUT2D eigenvalue weighted by molar-refractivity contribution is 7.89. The van der Waals surface area contributed by atoms with Gasteiger partial charge in [0.15, 0.2) is 0 Å². The highest BCUT2D eigenvalue weighted by Crippen LogP contribution is 2.28. The third-order valence-electron chi connectivity index (χ3n) is 3.73. The quantitative estimate of drug-likeness (QED) is 0.915. The maximum atomic E-state index is 12.7. The van der Waals surface area contributed by atoms with Crippen molar-refractivity contribution in [3.8, 4) is 5.75 Å². The SMILES string of the molecule is COc1cc(C)c(S(=O)(=O)N2CCCC(N)C2)cc1C.Cl. The minimum absolute atomic E-state index is 0. The third kappa shape index (κ3) is 3.69. The van der Waals surface area contributed by atoms with Gasteiger partial charge in [-0.2, -0.15) is 4.31 Å². The van der Waals surface area contributed by atoms with E-state index in [1.54, 1.807) is 26.2 Å². The molecule has 1 aromatic rings. The lowest BCUT2D eigenvalue weighted by molar-refractivity contribution is 0.316. The lowest BCUT2D eigenvalue weighted by atomic mass is 10.1. The van der Waals surface area contributed by atoms with Crippen molar-refractivity contribution in [3.05, 3.63) is 23.3 Å². The van der Waals surface area contributed by atoms with Crippen LogP contribution < -0.4 is 10.5 Å². The minimum atomic E-state index is -3.48. The van der Waals surface area contributed by atoms with E-state index < -0.39 is 10.0 Å². The van der Waals surface area contributed by atoms with Gasteiger partial charge in [-0.15, -0.1) is 12.4 Å². The van der Waals surface area contributed by atoms with Crippen LogP contribution in [0.2, 0.25) is 0 Å². The highest BCUT2D eigenvalue weighted by Gasteiger charge is 2.30. The number of benzene rings is 1. The standard InChI is InChI=1S/C14H22N2O3S.ClH/c1-10-8-14(11(2)7-13(10)19-3)20(17,18)16-6-4-5-12(15)9-16;/h7-8,12H,4-6,9,15H2,1-3H3;1H. The molecule has 1 saturated heterocycles. The van der Waals surface area contributed by atoms with E-state index in [0.717, 1.165) is 18.4 Å². The molecule has 0 spiro atoms. The molecule has 120 valence electrons. The molecule has 0 radical (unpaired) electrons. The van der Waals surface area contributed by atoms with Gasteiger partial charge in [-0.05, 0) is 49.9 Å². The van der Waals surface area contributed by atoms with Gasteiger partial charge in [0.1, 0.15) is 5.75 Å². The zero-order valence-electron chi connectivity index (χ0n) is 12.6. The van der Waals surface area contributed by atoms with Gasteiger partial charge in [-0.3, -0.25) is 0 Å². The van der Waals surface area contributed by atoms with Crippen molar-refractivity contribution in [3.63, 3.8) is 0 Å². The fourth-order valence-corrected chi connectivity index (χ4v) is 4.42. The van der Waals surface area contributed by atoms with Gasteiger partial charge in [0.05, 0.1) is 12.0 Å². The number of aryl methyl sites for hydroxylation is 2. The normalized spacial score (nSPS) is 19.9. The average molecular weight is 335 g/mol. The van der Waals surface area contributed by atoms with Crippen LogP contribution in [0.15, 0.2) is 17.0 Å². The van der Waals surface area contributed by atoms with Crippen molar-refractivity contribution in [1.82, 2.24) is 4.31 Å². The fourth-order valence-electron chi connectivity index (χ4n) is 2.59. The molecule has 1 heterocycles. The molecule has 1 unspecified atom stereocenters. The second-order valence-electron chi connectivity index (χ2n) is 5.35. The van der Waals surface area contributed by atoms with E-state index >= 15 is 0 Å². The first kappa shape index (κ1) is 18.2. The van der Waals surface area contributed by atoms with E-state index in [9.17, 15) is 8.42 Å². The molecule has 1 atom stereocenters. The van der Waals surface area contributed by atoms with Crippen molar-refractivity contribution >= 4 is 22.4 Å². The van der Waals surface area contributed by atoms with Gasteiger partial charge in [0, 0.05) is 19.1 Å². The molecule has 7 heteroatoms. The monoisotopic (exact) mass is 334 g/mol. The van der Waals surface area contributed by atoms with Crippen LogP contribution in [0.5, 0.6) is 5.75 Å². The summed E-state index contributed by atoms with van der Waals surface area (Å²) in [5.74, 6) is 0.705. The zero-order valence-corrected chi connectivity index (χ0v) is 14.3. The summed E-state index contributed by atoms with van der Waals surface area (Å²) in [5.41, 5.74) is 7.41. The fraction of sp³-hybridized carbons (Fsp3) is 0.571. The topological polar surface area (TPSA) is 72.6 Å². The molecule has 1 fully saturated rings. The Hall–Kier alpha value is -0.820. The number of halogens is 1. The highest BCUT2D eigenvalue weighted by atomic mass is 35.5. The maximum Gasteiger partial charge on any atom is 0.243 e. The molecular weight excluding hydrogens is 312 g/mol. The predicted molar refractivity (Wildman–Crippen MR) is 85.7 cm³/mol. The van der Waals surface area contributed by atoms with Gasteiger partial charge in [0.2, 0.25) is 10.0 Å². The molecule has 0 aliphatic carbocycles. The molecule has 0 saturated carbocycles. The average Bonchev–Trinajstić information content (AvgIpc) is 2.40. The smallest absolute Gasteiger partial charge is 0.243 e. The van der Waals surface area contributed by atoms with E-state index in [4.69, 9.17) is 10.5 Å². The second-order valence-corrected chi connectivity index (χ2v) is 7.26. The summed E-state index contributed by atoms with van der Waals surface area (Å²) in [6.45, 7) is 4.57. The van der Waals surface area contributed by atoms with E-state index in [1.807, 2.05) is 6.92 Å². The third-order valence-corrected chi connectivity index (χ3v) is 5.74. The summed E-state index contributed by atoms with van der Waals surface area (Å²) in [5, 5.41) is 0. The zero-order chi connectivity index (χ0) is 14.9. The van der Waals surface area contributed by atoms with Crippen LogP contribution in [0.3, 0.4) is 0 Å². The Balaban J connectivity index is 0.00000220. The van der Waals surface area contributed by atoms with Gasteiger partial charge < -0.3 is 10.5 Å². The van der Waals surface area contributed by atoms with Crippen LogP contribution >= 0.6 is 12.4 Å². The van der Waals surface area contributed by atoms with E-state index in [0.29, 0.717) is 29.3 Å². The Morgan fingerprint density at radius 3 is 2.52 bits per heavy atom. The number of ether oxygens (including phenoxy) is 1. The molecule has 1 aliphatic rings. The minimum Gasteiger partial charge on any atom is -0.496 e. The Morgan fingerprint density at radius 1 is 1.29 bits per heavy atom. The van der Waals surface area contributed by atoms with Crippen molar-refractivity contribution in [2.45, 2.75) is 37.6 Å². The van der Waals surface area contributed by atoms with E-state index in [2.05, 4.69) is 0 Å². The summed E-state index contributed by atoms with van der Waals surface area (Å²) < 4.78 is 32.2. The van der Waals surface area contributed by atoms with Crippen LogP contribution in [0.25, 0.3) is 0 Å². The number of sulfonamides is 1. The van der Waals surface area contributed by atoms with Gasteiger partial charge >= 0.3 is 0 Å². The first-order chi connectivity index (χ1) is 9.36. The molecule has 0 aromatic heterocycles. The molecule has 2 N–H and O–H groups in total. The molecular formula is C14H23ClN2O3S. The summed E-state index contributed by atoms with van der Waals surface area (Å²) in [7, 11) is -1.89. The van der Waals surface area contributed by atoms with Gasteiger partial charge in [-0.25, -0.2) is 8.42 Å². The molecule has 2 rings (SSSR count). The van der Waals surface area contributed by atoms with Crippen LogP contribution in [-0.4, -0.2) is 39.0 Å². The molecule has 0 amide bonds. The number of hydrogen-bond donors (Lipinski definition) is 1. The molecule has 5 nitrogen and oxygen atoms in total.